The van der Waals surface area contributed by atoms with E-state index in [9.17, 15) is 0 Å². The zero-order chi connectivity index (χ0) is 11.6. The van der Waals surface area contributed by atoms with Crippen molar-refractivity contribution in [1.29, 1.82) is 0 Å². The van der Waals surface area contributed by atoms with Gasteiger partial charge in [0, 0.05) is 0 Å². The molecule has 1 heterocycles. The smallest absolute Gasteiger partial charge is 0.133 e. The average Bonchev–Trinajstić information content (AvgIpc) is 2.30. The fourth-order valence-electron chi connectivity index (χ4n) is 2.68. The van der Waals surface area contributed by atoms with Crippen molar-refractivity contribution in [1.82, 2.24) is 4.48 Å². The molecule has 0 N–H and O–H groups in total. The monoisotopic (exact) mass is 220 g/mol. The van der Waals surface area contributed by atoms with Crippen LogP contribution in [0.5, 0.6) is 0 Å². The Morgan fingerprint density at radius 3 is 2.06 bits per heavy atom. The number of ether oxygens (including phenoxy) is 1. The van der Waals surface area contributed by atoms with E-state index in [4.69, 9.17) is 4.74 Å². The average molecular weight is 220 g/mol. The van der Waals surface area contributed by atoms with Gasteiger partial charge >= 0.3 is 0 Å². The van der Waals surface area contributed by atoms with Crippen LogP contribution in [-0.4, -0.2) is 31.8 Å². The molecule has 1 aromatic rings. The molecule has 16 heavy (non-hydrogen) atoms. The first-order chi connectivity index (χ1) is 7.56. The molecule has 0 radical (unpaired) electrons. The lowest BCUT2D eigenvalue weighted by molar-refractivity contribution is 0.000572. The summed E-state index contributed by atoms with van der Waals surface area (Å²) in [6.45, 7) is 10.9. The van der Waals surface area contributed by atoms with E-state index in [0.29, 0.717) is 0 Å². The van der Waals surface area contributed by atoms with Gasteiger partial charge in [-0.25, -0.2) is 0 Å². The van der Waals surface area contributed by atoms with E-state index in [1.165, 1.54) is 5.69 Å². The summed E-state index contributed by atoms with van der Waals surface area (Å²) in [6, 6.07) is 10.9. The van der Waals surface area contributed by atoms with Crippen LogP contribution in [0.2, 0.25) is 0 Å². The number of para-hydroxylation sites is 1. The van der Waals surface area contributed by atoms with Gasteiger partial charge in [0.1, 0.15) is 18.8 Å². The maximum absolute atomic E-state index is 5.53. The summed E-state index contributed by atoms with van der Waals surface area (Å²) >= 11 is 0. The fraction of sp³-hybridized carbons (Fsp3) is 0.571. The first kappa shape index (κ1) is 11.6. The highest BCUT2D eigenvalue weighted by atomic mass is 16.5. The van der Waals surface area contributed by atoms with Crippen LogP contribution in [0.4, 0.5) is 5.69 Å². The van der Waals surface area contributed by atoms with Gasteiger partial charge in [0.2, 0.25) is 0 Å². The second-order valence-corrected chi connectivity index (χ2v) is 5.53. The Balaban J connectivity index is 2.42. The SMILES string of the molecule is CC(C)(C)[N+]1(c2ccccc2)CCOCC1. The predicted molar refractivity (Wildman–Crippen MR) is 68.5 cm³/mol. The first-order valence-corrected chi connectivity index (χ1v) is 6.07. The van der Waals surface area contributed by atoms with Crippen LogP contribution in [0.1, 0.15) is 20.8 Å². The first-order valence-electron chi connectivity index (χ1n) is 6.07. The van der Waals surface area contributed by atoms with Gasteiger partial charge in [0.05, 0.1) is 18.8 Å². The number of benzene rings is 1. The van der Waals surface area contributed by atoms with Crippen LogP contribution >= 0.6 is 0 Å². The summed E-state index contributed by atoms with van der Waals surface area (Å²) in [5.74, 6) is 0. The molecule has 2 heteroatoms. The quantitative estimate of drug-likeness (QED) is 0.661. The Bertz CT molecular complexity index is 334. The van der Waals surface area contributed by atoms with E-state index in [2.05, 4.69) is 51.1 Å². The lowest BCUT2D eigenvalue weighted by Gasteiger charge is -2.50. The zero-order valence-electron chi connectivity index (χ0n) is 10.6. The normalized spacial score (nSPS) is 20.7. The van der Waals surface area contributed by atoms with Gasteiger partial charge in [-0.3, -0.25) is 4.48 Å². The van der Waals surface area contributed by atoms with Crippen LogP contribution in [0.3, 0.4) is 0 Å². The third kappa shape index (κ3) is 1.87. The van der Waals surface area contributed by atoms with Gasteiger partial charge in [-0.2, -0.15) is 0 Å². The van der Waals surface area contributed by atoms with Crippen molar-refractivity contribution in [3.63, 3.8) is 0 Å². The second-order valence-electron chi connectivity index (χ2n) is 5.53. The van der Waals surface area contributed by atoms with Crippen molar-refractivity contribution >= 4 is 5.69 Å². The van der Waals surface area contributed by atoms with Crippen molar-refractivity contribution in [2.24, 2.45) is 0 Å². The molecular formula is C14H22NO+. The summed E-state index contributed by atoms with van der Waals surface area (Å²) in [6.07, 6.45) is 0. The molecule has 0 spiro atoms. The van der Waals surface area contributed by atoms with E-state index in [1.54, 1.807) is 0 Å². The summed E-state index contributed by atoms with van der Waals surface area (Å²) < 4.78 is 6.56. The van der Waals surface area contributed by atoms with E-state index in [0.717, 1.165) is 30.8 Å². The third-order valence-corrected chi connectivity index (χ3v) is 3.77. The van der Waals surface area contributed by atoms with Gasteiger partial charge in [-0.05, 0) is 32.9 Å². The Labute approximate surface area is 98.4 Å². The Kier molecular flexibility index (Phi) is 3.04. The molecule has 0 saturated carbocycles. The minimum absolute atomic E-state index is 0.227. The molecule has 0 unspecified atom stereocenters. The van der Waals surface area contributed by atoms with Crippen LogP contribution in [0, 0.1) is 0 Å². The molecule has 2 nitrogen and oxygen atoms in total. The lowest BCUT2D eigenvalue weighted by atomic mass is 9.98. The number of hydrogen-bond acceptors (Lipinski definition) is 1. The molecule has 0 amide bonds. The Hall–Kier alpha value is -0.860. The van der Waals surface area contributed by atoms with Crippen LogP contribution < -0.4 is 4.48 Å². The highest BCUT2D eigenvalue weighted by molar-refractivity contribution is 5.44. The number of nitrogens with zero attached hydrogens (tertiary/aromatic N) is 1. The predicted octanol–water partition coefficient (Wildman–Crippen LogP) is 2.82. The number of quaternary nitrogens is 1. The summed E-state index contributed by atoms with van der Waals surface area (Å²) in [7, 11) is 0. The number of morpholine rings is 1. The molecule has 0 aromatic heterocycles. The molecule has 1 aliphatic rings. The van der Waals surface area contributed by atoms with Crippen molar-refractivity contribution in [2.75, 3.05) is 26.3 Å². The van der Waals surface area contributed by atoms with Crippen LogP contribution in [0.25, 0.3) is 0 Å². The van der Waals surface area contributed by atoms with E-state index < -0.39 is 0 Å². The van der Waals surface area contributed by atoms with E-state index >= 15 is 0 Å². The van der Waals surface area contributed by atoms with Gasteiger partial charge in [0.15, 0.2) is 0 Å². The standard InChI is InChI=1S/C14H22NO/c1-14(2,3)15(9-11-16-12-10-15)13-7-5-4-6-8-13/h4-8H,9-12H2,1-3H3/q+1. The molecule has 0 aliphatic carbocycles. The Morgan fingerprint density at radius 1 is 1.00 bits per heavy atom. The molecule has 1 saturated heterocycles. The van der Waals surface area contributed by atoms with Gasteiger partial charge < -0.3 is 4.74 Å². The van der Waals surface area contributed by atoms with Crippen LogP contribution in [-0.2, 0) is 4.74 Å². The van der Waals surface area contributed by atoms with Crippen LogP contribution in [0.15, 0.2) is 30.3 Å². The summed E-state index contributed by atoms with van der Waals surface area (Å²) in [4.78, 5) is 0. The molecule has 2 rings (SSSR count). The molecule has 1 aromatic carbocycles. The number of rotatable bonds is 1. The minimum atomic E-state index is 0.227. The van der Waals surface area contributed by atoms with E-state index in [-0.39, 0.29) is 5.54 Å². The largest absolute Gasteiger partial charge is 0.370 e. The maximum Gasteiger partial charge on any atom is 0.133 e. The highest BCUT2D eigenvalue weighted by Gasteiger charge is 2.43. The molecule has 0 bridgehead atoms. The minimum Gasteiger partial charge on any atom is -0.370 e. The molecule has 88 valence electrons. The fourth-order valence-corrected chi connectivity index (χ4v) is 2.68. The highest BCUT2D eigenvalue weighted by Crippen LogP contribution is 2.34. The molecule has 1 aliphatic heterocycles. The topological polar surface area (TPSA) is 9.23 Å². The summed E-state index contributed by atoms with van der Waals surface area (Å²) in [5, 5.41) is 0. The Morgan fingerprint density at radius 2 is 1.56 bits per heavy atom. The van der Waals surface area contributed by atoms with Gasteiger partial charge in [-0.15, -0.1) is 0 Å². The molecule has 1 fully saturated rings. The van der Waals surface area contributed by atoms with Crippen molar-refractivity contribution in [2.45, 2.75) is 26.3 Å². The number of hydrogen-bond donors (Lipinski definition) is 0. The third-order valence-electron chi connectivity index (χ3n) is 3.77. The zero-order valence-corrected chi connectivity index (χ0v) is 10.6. The maximum atomic E-state index is 5.53. The summed E-state index contributed by atoms with van der Waals surface area (Å²) in [5.41, 5.74) is 1.64. The van der Waals surface area contributed by atoms with Gasteiger partial charge in [0.25, 0.3) is 0 Å². The molecular weight excluding hydrogens is 198 g/mol. The lowest BCUT2D eigenvalue weighted by Crippen LogP contribution is -2.66. The molecule has 0 atom stereocenters. The van der Waals surface area contributed by atoms with Crippen molar-refractivity contribution in [3.8, 4) is 0 Å². The van der Waals surface area contributed by atoms with Gasteiger partial charge in [-0.1, -0.05) is 18.2 Å². The second kappa shape index (κ2) is 4.19. The van der Waals surface area contributed by atoms with Crippen molar-refractivity contribution < 1.29 is 4.74 Å². The van der Waals surface area contributed by atoms with E-state index in [1.807, 2.05) is 0 Å². The van der Waals surface area contributed by atoms with Crippen molar-refractivity contribution in [3.05, 3.63) is 30.3 Å².